The Morgan fingerprint density at radius 1 is 1.56 bits per heavy atom. The fourth-order valence-corrected chi connectivity index (χ4v) is 3.10. The zero-order valence-electron chi connectivity index (χ0n) is 11.1. The summed E-state index contributed by atoms with van der Waals surface area (Å²) in [6.45, 7) is 3.83. The molecule has 1 aromatic rings. The van der Waals surface area contributed by atoms with Crippen LogP contribution in [0.2, 0.25) is 0 Å². The Hall–Kier alpha value is -0.910. The summed E-state index contributed by atoms with van der Waals surface area (Å²) in [7, 11) is 3.75. The van der Waals surface area contributed by atoms with E-state index >= 15 is 0 Å². The molecule has 2 saturated heterocycles. The van der Waals surface area contributed by atoms with Crippen molar-refractivity contribution in [3.05, 3.63) is 18.0 Å². The highest BCUT2D eigenvalue weighted by Gasteiger charge is 2.47. The van der Waals surface area contributed by atoms with E-state index in [2.05, 4.69) is 16.2 Å². The third-order valence-corrected chi connectivity index (χ3v) is 3.97. The minimum absolute atomic E-state index is 0.0567. The zero-order valence-corrected chi connectivity index (χ0v) is 11.1. The van der Waals surface area contributed by atoms with Crippen LogP contribution in [-0.2, 0) is 23.1 Å². The Kier molecular flexibility index (Phi) is 3.13. The predicted octanol–water partition coefficient (Wildman–Crippen LogP) is 0.800. The van der Waals surface area contributed by atoms with Crippen LogP contribution in [-0.4, -0.2) is 53.2 Å². The van der Waals surface area contributed by atoms with Crippen molar-refractivity contribution in [3.8, 4) is 0 Å². The predicted molar refractivity (Wildman–Crippen MR) is 67.2 cm³/mol. The van der Waals surface area contributed by atoms with Crippen LogP contribution in [0.15, 0.2) is 12.4 Å². The molecule has 0 bridgehead atoms. The summed E-state index contributed by atoms with van der Waals surface area (Å²) >= 11 is 0. The molecule has 0 radical (unpaired) electrons. The molecule has 0 aromatic carbocycles. The molecule has 0 aliphatic carbocycles. The van der Waals surface area contributed by atoms with Crippen LogP contribution in [0.25, 0.3) is 0 Å². The molecule has 0 amide bonds. The number of aromatic nitrogens is 2. The van der Waals surface area contributed by atoms with Crippen molar-refractivity contribution in [3.63, 3.8) is 0 Å². The Labute approximate surface area is 108 Å². The van der Waals surface area contributed by atoms with Gasteiger partial charge in [0.15, 0.2) is 0 Å². The average molecular weight is 251 g/mol. The van der Waals surface area contributed by atoms with Crippen molar-refractivity contribution in [2.45, 2.75) is 31.1 Å². The third kappa shape index (κ3) is 2.30. The minimum atomic E-state index is 0.0567. The Bertz CT molecular complexity index is 412. The van der Waals surface area contributed by atoms with Crippen molar-refractivity contribution >= 4 is 0 Å². The largest absolute Gasteiger partial charge is 0.381 e. The average Bonchev–Trinajstić information content (AvgIpc) is 2.73. The first-order chi connectivity index (χ1) is 8.69. The van der Waals surface area contributed by atoms with Crippen LogP contribution < -0.4 is 0 Å². The van der Waals surface area contributed by atoms with E-state index < -0.39 is 0 Å². The number of ether oxygens (including phenoxy) is 2. The molecule has 5 nitrogen and oxygen atoms in total. The normalized spacial score (nSPS) is 27.3. The van der Waals surface area contributed by atoms with Crippen LogP contribution in [0.5, 0.6) is 0 Å². The quantitative estimate of drug-likeness (QED) is 0.796. The molecule has 2 aliphatic heterocycles. The van der Waals surface area contributed by atoms with Crippen LogP contribution in [0.3, 0.4) is 0 Å². The van der Waals surface area contributed by atoms with Crippen molar-refractivity contribution in [2.75, 3.05) is 26.8 Å². The lowest BCUT2D eigenvalue weighted by atomic mass is 9.84. The van der Waals surface area contributed by atoms with Crippen LogP contribution >= 0.6 is 0 Å². The van der Waals surface area contributed by atoms with Crippen molar-refractivity contribution in [1.82, 2.24) is 14.7 Å². The van der Waals surface area contributed by atoms with Crippen molar-refractivity contribution in [1.29, 1.82) is 0 Å². The molecule has 2 fully saturated rings. The zero-order chi connectivity index (χ0) is 12.6. The summed E-state index contributed by atoms with van der Waals surface area (Å²) in [5.41, 5.74) is 1.33. The number of rotatable bonds is 3. The van der Waals surface area contributed by atoms with Gasteiger partial charge >= 0.3 is 0 Å². The molecule has 3 heterocycles. The number of methoxy groups -OCH3 is 1. The SMILES string of the molecule is CO[C@@H]1CCOC2(C1)CN(Cc1cnn(C)c1)C2. The topological polar surface area (TPSA) is 39.5 Å². The maximum atomic E-state index is 5.96. The van der Waals surface area contributed by atoms with E-state index in [1.54, 1.807) is 7.11 Å². The molecule has 0 unspecified atom stereocenters. The lowest BCUT2D eigenvalue weighted by Crippen LogP contribution is -2.65. The molecule has 1 spiro atoms. The van der Waals surface area contributed by atoms with Gasteiger partial charge in [-0.25, -0.2) is 0 Å². The smallest absolute Gasteiger partial charge is 0.0959 e. The second-order valence-corrected chi connectivity index (χ2v) is 5.55. The fourth-order valence-electron chi connectivity index (χ4n) is 3.10. The van der Waals surface area contributed by atoms with Gasteiger partial charge in [0, 0.05) is 58.6 Å². The Morgan fingerprint density at radius 3 is 3.06 bits per heavy atom. The van der Waals surface area contributed by atoms with Crippen LogP contribution in [0.4, 0.5) is 0 Å². The van der Waals surface area contributed by atoms with Gasteiger partial charge in [0.2, 0.25) is 0 Å². The van der Waals surface area contributed by atoms with Gasteiger partial charge in [-0.15, -0.1) is 0 Å². The van der Waals surface area contributed by atoms with Crippen LogP contribution in [0.1, 0.15) is 18.4 Å². The third-order valence-electron chi connectivity index (χ3n) is 3.97. The Morgan fingerprint density at radius 2 is 2.39 bits per heavy atom. The summed E-state index contributed by atoms with van der Waals surface area (Å²) in [6.07, 6.45) is 6.45. The highest BCUT2D eigenvalue weighted by molar-refractivity contribution is 5.08. The maximum Gasteiger partial charge on any atom is 0.0959 e. The van der Waals surface area contributed by atoms with Crippen LogP contribution in [0, 0.1) is 0 Å². The molecule has 5 heteroatoms. The molecule has 3 rings (SSSR count). The standard InChI is InChI=1S/C13H21N3O2/c1-15-7-11(6-14-15)8-16-9-13(10-16)5-12(17-2)3-4-18-13/h6-7,12H,3-5,8-10H2,1-2H3/t12-/m1/s1. The summed E-state index contributed by atoms with van der Waals surface area (Å²) in [4.78, 5) is 2.41. The van der Waals surface area contributed by atoms with E-state index in [-0.39, 0.29) is 5.60 Å². The molecule has 0 saturated carbocycles. The monoisotopic (exact) mass is 251 g/mol. The molecule has 18 heavy (non-hydrogen) atoms. The fraction of sp³-hybridized carbons (Fsp3) is 0.769. The first kappa shape index (κ1) is 12.1. The molecular weight excluding hydrogens is 230 g/mol. The molecule has 2 aliphatic rings. The number of hydrogen-bond acceptors (Lipinski definition) is 4. The second kappa shape index (κ2) is 4.64. The molecule has 100 valence electrons. The Balaban J connectivity index is 1.53. The number of nitrogens with zero attached hydrogens (tertiary/aromatic N) is 3. The van der Waals surface area contributed by atoms with E-state index in [1.165, 1.54) is 5.56 Å². The lowest BCUT2D eigenvalue weighted by molar-refractivity contribution is -0.195. The molecular formula is C13H21N3O2. The van der Waals surface area contributed by atoms with E-state index in [0.717, 1.165) is 39.1 Å². The number of hydrogen-bond donors (Lipinski definition) is 0. The first-order valence-electron chi connectivity index (χ1n) is 6.56. The minimum Gasteiger partial charge on any atom is -0.381 e. The number of aryl methyl sites for hydroxylation is 1. The summed E-state index contributed by atoms with van der Waals surface area (Å²) < 4.78 is 13.3. The lowest BCUT2D eigenvalue weighted by Gasteiger charge is -2.53. The number of likely N-dealkylation sites (tertiary alicyclic amines) is 1. The van der Waals surface area contributed by atoms with E-state index in [4.69, 9.17) is 9.47 Å². The van der Waals surface area contributed by atoms with Crippen molar-refractivity contribution < 1.29 is 9.47 Å². The molecule has 1 atom stereocenters. The van der Waals surface area contributed by atoms with Gasteiger partial charge in [-0.2, -0.15) is 5.10 Å². The van der Waals surface area contributed by atoms with Gasteiger partial charge in [-0.1, -0.05) is 0 Å². The summed E-state index contributed by atoms with van der Waals surface area (Å²) in [5.74, 6) is 0. The molecule has 1 aromatic heterocycles. The van der Waals surface area contributed by atoms with Gasteiger partial charge in [0.05, 0.1) is 17.9 Å². The summed E-state index contributed by atoms with van der Waals surface area (Å²) in [5, 5.41) is 4.20. The van der Waals surface area contributed by atoms with Gasteiger partial charge in [-0.05, 0) is 6.42 Å². The van der Waals surface area contributed by atoms with E-state index in [0.29, 0.717) is 6.10 Å². The van der Waals surface area contributed by atoms with Gasteiger partial charge < -0.3 is 9.47 Å². The maximum absolute atomic E-state index is 5.96. The first-order valence-corrected chi connectivity index (χ1v) is 6.56. The highest BCUT2D eigenvalue weighted by atomic mass is 16.5. The second-order valence-electron chi connectivity index (χ2n) is 5.55. The molecule has 0 N–H and O–H groups in total. The van der Waals surface area contributed by atoms with Gasteiger partial charge in [0.25, 0.3) is 0 Å². The van der Waals surface area contributed by atoms with E-state index in [9.17, 15) is 0 Å². The van der Waals surface area contributed by atoms with Gasteiger partial charge in [0.1, 0.15) is 0 Å². The summed E-state index contributed by atoms with van der Waals surface area (Å²) in [6, 6.07) is 0. The van der Waals surface area contributed by atoms with E-state index in [1.807, 2.05) is 17.9 Å². The van der Waals surface area contributed by atoms with Gasteiger partial charge in [-0.3, -0.25) is 9.58 Å². The van der Waals surface area contributed by atoms with Crippen molar-refractivity contribution in [2.24, 2.45) is 7.05 Å². The highest BCUT2D eigenvalue weighted by Crippen LogP contribution is 2.35.